The molecule has 388 valence electrons. The number of hydrogen-bond acceptors (Lipinski definition) is 6. The first kappa shape index (κ1) is 64.1. The highest BCUT2D eigenvalue weighted by Crippen LogP contribution is 2.16. The van der Waals surface area contributed by atoms with Crippen LogP contribution in [-0.2, 0) is 28.6 Å². The number of ether oxygens (including phenoxy) is 3. The standard InChI is InChI=1S/C61H108O6/c1-4-7-10-13-16-19-22-25-28-29-30-31-34-37-40-43-46-49-52-55-61(64)67-58(56-65-59(62)53-50-47-44-41-38-35-32-26-23-20-17-14-11-8-5-2)57-66-60(63)54-51-48-45-42-39-36-33-27-24-21-18-15-12-9-6-3/h8,11,17,20,25-26,28,32,38,41,58H,4-7,9-10,12-16,18-19,21-24,27,29-31,33-37,39-40,42-57H2,1-3H3/b11-8-,20-17-,28-25-,32-26-,41-38-/t58-/m1/s1. The summed E-state index contributed by atoms with van der Waals surface area (Å²) < 4.78 is 16.8. The molecule has 0 aromatic heterocycles. The number of hydrogen-bond donors (Lipinski definition) is 0. The van der Waals surface area contributed by atoms with Crippen molar-refractivity contribution in [1.29, 1.82) is 0 Å². The molecule has 0 spiro atoms. The van der Waals surface area contributed by atoms with Crippen LogP contribution in [0.4, 0.5) is 0 Å². The van der Waals surface area contributed by atoms with Gasteiger partial charge in [-0.1, -0.05) is 248 Å². The van der Waals surface area contributed by atoms with Gasteiger partial charge in [0.2, 0.25) is 0 Å². The van der Waals surface area contributed by atoms with Crippen LogP contribution in [0, 0.1) is 0 Å². The van der Waals surface area contributed by atoms with Gasteiger partial charge in [0.1, 0.15) is 13.2 Å². The molecule has 0 aromatic rings. The minimum absolute atomic E-state index is 0.0854. The normalized spacial score (nSPS) is 12.5. The van der Waals surface area contributed by atoms with Crippen LogP contribution in [0.2, 0.25) is 0 Å². The summed E-state index contributed by atoms with van der Waals surface area (Å²) in [6, 6.07) is 0. The lowest BCUT2D eigenvalue weighted by Gasteiger charge is -2.18. The van der Waals surface area contributed by atoms with E-state index in [1.54, 1.807) is 0 Å². The van der Waals surface area contributed by atoms with Gasteiger partial charge in [0.25, 0.3) is 0 Å². The van der Waals surface area contributed by atoms with E-state index in [0.29, 0.717) is 19.3 Å². The number of rotatable bonds is 52. The first-order valence-electron chi connectivity index (χ1n) is 28.8. The second-order valence-electron chi connectivity index (χ2n) is 19.2. The van der Waals surface area contributed by atoms with Gasteiger partial charge in [-0.05, 0) is 83.5 Å². The van der Waals surface area contributed by atoms with E-state index in [4.69, 9.17) is 14.2 Å². The summed E-state index contributed by atoms with van der Waals surface area (Å²) in [7, 11) is 0. The van der Waals surface area contributed by atoms with Crippen LogP contribution < -0.4 is 0 Å². The molecule has 0 N–H and O–H groups in total. The maximum atomic E-state index is 12.9. The van der Waals surface area contributed by atoms with Gasteiger partial charge < -0.3 is 14.2 Å². The molecule has 0 aliphatic heterocycles. The number of carbonyl (C=O) groups excluding carboxylic acids is 3. The molecule has 1 atom stereocenters. The second kappa shape index (κ2) is 55.7. The monoisotopic (exact) mass is 937 g/mol. The van der Waals surface area contributed by atoms with Crippen molar-refractivity contribution in [3.8, 4) is 0 Å². The van der Waals surface area contributed by atoms with Crippen LogP contribution >= 0.6 is 0 Å². The average molecular weight is 938 g/mol. The summed E-state index contributed by atoms with van der Waals surface area (Å²) in [5.41, 5.74) is 0. The first-order valence-corrected chi connectivity index (χ1v) is 28.8. The van der Waals surface area contributed by atoms with Gasteiger partial charge in [0.05, 0.1) is 0 Å². The van der Waals surface area contributed by atoms with E-state index in [2.05, 4.69) is 81.5 Å². The van der Waals surface area contributed by atoms with Crippen LogP contribution in [0.25, 0.3) is 0 Å². The minimum atomic E-state index is -0.790. The predicted molar refractivity (Wildman–Crippen MR) is 288 cm³/mol. The van der Waals surface area contributed by atoms with E-state index >= 15 is 0 Å². The fourth-order valence-electron chi connectivity index (χ4n) is 8.19. The van der Waals surface area contributed by atoms with Gasteiger partial charge in [0, 0.05) is 19.3 Å². The largest absolute Gasteiger partial charge is 0.462 e. The van der Waals surface area contributed by atoms with E-state index in [-0.39, 0.29) is 31.1 Å². The molecule has 6 heteroatoms. The van der Waals surface area contributed by atoms with E-state index in [0.717, 1.165) is 83.5 Å². The smallest absolute Gasteiger partial charge is 0.306 e. The van der Waals surface area contributed by atoms with Crippen molar-refractivity contribution in [1.82, 2.24) is 0 Å². The lowest BCUT2D eigenvalue weighted by atomic mass is 10.0. The zero-order valence-corrected chi connectivity index (χ0v) is 44.4. The molecule has 67 heavy (non-hydrogen) atoms. The molecule has 6 nitrogen and oxygen atoms in total. The van der Waals surface area contributed by atoms with E-state index < -0.39 is 6.10 Å². The maximum absolute atomic E-state index is 12.9. The molecule has 0 unspecified atom stereocenters. The summed E-state index contributed by atoms with van der Waals surface area (Å²) in [5.74, 6) is -0.919. The van der Waals surface area contributed by atoms with Crippen molar-refractivity contribution in [2.45, 2.75) is 297 Å². The van der Waals surface area contributed by atoms with Gasteiger partial charge in [-0.15, -0.1) is 0 Å². The summed E-state index contributed by atoms with van der Waals surface area (Å²) in [4.78, 5) is 38.1. The molecular weight excluding hydrogens is 829 g/mol. The molecule has 0 radical (unpaired) electrons. The predicted octanol–water partition coefficient (Wildman–Crippen LogP) is 19.2. The molecule has 0 heterocycles. The molecule has 0 aliphatic carbocycles. The molecule has 0 rings (SSSR count). The number of carbonyl (C=O) groups is 3. The maximum Gasteiger partial charge on any atom is 0.306 e. The summed E-state index contributed by atoms with van der Waals surface area (Å²) in [5, 5.41) is 0. The number of unbranched alkanes of at least 4 members (excludes halogenated alkanes) is 31. The molecule has 0 fully saturated rings. The molecule has 0 bridgehead atoms. The lowest BCUT2D eigenvalue weighted by molar-refractivity contribution is -0.167. The van der Waals surface area contributed by atoms with Crippen LogP contribution in [0.5, 0.6) is 0 Å². The SMILES string of the molecule is CC/C=C\C/C=C\C/C=C\C/C=C\CCCCC(=O)OC[C@H](COC(=O)CCCCCCCCCCCCCCCCC)OC(=O)CCCCCCCCCCC/C=C\CCCCCCCC. The Hall–Kier alpha value is -2.89. The van der Waals surface area contributed by atoms with Gasteiger partial charge in [-0.2, -0.15) is 0 Å². The minimum Gasteiger partial charge on any atom is -0.462 e. The third-order valence-electron chi connectivity index (χ3n) is 12.5. The van der Waals surface area contributed by atoms with Gasteiger partial charge in [-0.3, -0.25) is 14.4 Å². The van der Waals surface area contributed by atoms with E-state index in [9.17, 15) is 14.4 Å². The van der Waals surface area contributed by atoms with E-state index in [1.807, 2.05) is 0 Å². The molecular formula is C61H108O6. The van der Waals surface area contributed by atoms with Gasteiger partial charge >= 0.3 is 17.9 Å². The van der Waals surface area contributed by atoms with Crippen molar-refractivity contribution in [3.05, 3.63) is 60.8 Å². The molecule has 0 aromatic carbocycles. The highest BCUT2D eigenvalue weighted by Gasteiger charge is 2.19. The Morgan fingerprint density at radius 3 is 0.955 bits per heavy atom. The van der Waals surface area contributed by atoms with Crippen LogP contribution in [0.3, 0.4) is 0 Å². The summed E-state index contributed by atoms with van der Waals surface area (Å²) in [6.45, 7) is 6.51. The van der Waals surface area contributed by atoms with Crippen molar-refractivity contribution < 1.29 is 28.6 Å². The summed E-state index contributed by atoms with van der Waals surface area (Å²) >= 11 is 0. The average Bonchev–Trinajstić information content (AvgIpc) is 3.33. The Balaban J connectivity index is 4.40. The molecule has 0 aliphatic rings. The zero-order chi connectivity index (χ0) is 48.6. The highest BCUT2D eigenvalue weighted by molar-refractivity contribution is 5.71. The van der Waals surface area contributed by atoms with Gasteiger partial charge in [0.15, 0.2) is 6.10 Å². The molecule has 0 amide bonds. The fourth-order valence-corrected chi connectivity index (χ4v) is 8.19. The van der Waals surface area contributed by atoms with Crippen LogP contribution in [-0.4, -0.2) is 37.2 Å². The summed E-state index contributed by atoms with van der Waals surface area (Å²) in [6.07, 6.45) is 69.3. The first-order chi connectivity index (χ1) is 33.0. The Morgan fingerprint density at radius 2 is 0.582 bits per heavy atom. The lowest BCUT2D eigenvalue weighted by Crippen LogP contribution is -2.30. The van der Waals surface area contributed by atoms with Crippen LogP contribution in [0.1, 0.15) is 290 Å². The Kier molecular flexibility index (Phi) is 53.3. The second-order valence-corrected chi connectivity index (χ2v) is 19.2. The van der Waals surface area contributed by atoms with Gasteiger partial charge in [-0.25, -0.2) is 0 Å². The van der Waals surface area contributed by atoms with Crippen molar-refractivity contribution in [2.75, 3.05) is 13.2 Å². The van der Waals surface area contributed by atoms with E-state index in [1.165, 1.54) is 167 Å². The Morgan fingerprint density at radius 1 is 0.313 bits per heavy atom. The third kappa shape index (κ3) is 53.9. The third-order valence-corrected chi connectivity index (χ3v) is 12.5. The zero-order valence-electron chi connectivity index (χ0n) is 44.4. The van der Waals surface area contributed by atoms with Crippen molar-refractivity contribution >= 4 is 17.9 Å². The Labute approximate surface area is 415 Å². The van der Waals surface area contributed by atoms with Crippen molar-refractivity contribution in [2.24, 2.45) is 0 Å². The quantitative estimate of drug-likeness (QED) is 0.0262. The Bertz CT molecular complexity index is 1210. The highest BCUT2D eigenvalue weighted by atomic mass is 16.6. The number of esters is 3. The number of allylic oxidation sites excluding steroid dienone is 10. The van der Waals surface area contributed by atoms with Crippen LogP contribution in [0.15, 0.2) is 60.8 Å². The fraction of sp³-hybridized carbons (Fsp3) is 0.787. The molecule has 0 saturated heterocycles. The van der Waals surface area contributed by atoms with Crippen molar-refractivity contribution in [3.63, 3.8) is 0 Å². The topological polar surface area (TPSA) is 78.9 Å². The molecule has 0 saturated carbocycles.